The number of unbranched alkanes of at least 4 members (excludes halogenated alkanes) is 15. The van der Waals surface area contributed by atoms with Gasteiger partial charge in [0.1, 0.15) is 30.5 Å². The van der Waals surface area contributed by atoms with E-state index < -0.39 is 49.4 Å². The van der Waals surface area contributed by atoms with E-state index in [-0.39, 0.29) is 6.54 Å². The molecular weight excluding hydrogens is 590 g/mol. The molecule has 0 aliphatic carbocycles. The molecule has 0 aromatic heterocycles. The average molecular weight is 652 g/mol. The molecule has 6 atom stereocenters. The summed E-state index contributed by atoms with van der Waals surface area (Å²) in [7, 11) is 0. The van der Waals surface area contributed by atoms with E-state index in [0.717, 1.165) is 19.3 Å². The van der Waals surface area contributed by atoms with Gasteiger partial charge in [-0.25, -0.2) is 4.79 Å². The minimum atomic E-state index is -1.56. The molecule has 1 aliphatic heterocycles. The second kappa shape index (κ2) is 25.5. The number of thioether (sulfide) groups is 1. The van der Waals surface area contributed by atoms with Crippen LogP contribution in [0.3, 0.4) is 0 Å². The fraction of sp³-hybridized carbons (Fsp3) is 0.938. The first-order chi connectivity index (χ1) is 20.8. The molecule has 1 heterocycles. The van der Waals surface area contributed by atoms with Crippen LogP contribution < -0.4 is 0 Å². The number of carbonyl (C=O) groups excluding carboxylic acids is 1. The van der Waals surface area contributed by atoms with Crippen LogP contribution in [-0.2, 0) is 14.2 Å². The second-order valence-corrected chi connectivity index (χ2v) is 13.4. The molecule has 9 nitrogen and oxygen atoms in total. The highest BCUT2D eigenvalue weighted by Crippen LogP contribution is 2.25. The summed E-state index contributed by atoms with van der Waals surface area (Å²) in [5.74, 6) is 0.618. The molecule has 4 N–H and O–H groups in total. The Morgan fingerprint density at radius 2 is 1.35 bits per heavy atom. The average Bonchev–Trinajstić information content (AvgIpc) is 2.98. The molecule has 1 amide bonds. The van der Waals surface area contributed by atoms with Gasteiger partial charge in [-0.1, -0.05) is 115 Å². The minimum Gasteiger partial charge on any atom is -0.479 e. The van der Waals surface area contributed by atoms with Crippen molar-refractivity contribution >= 4 is 34.5 Å². The summed E-state index contributed by atoms with van der Waals surface area (Å²) < 4.78 is 17.1. The molecule has 11 heteroatoms. The number of rotatable bonds is 24. The molecule has 254 valence electrons. The Hall–Kier alpha value is -0.690. The van der Waals surface area contributed by atoms with Crippen LogP contribution in [0.4, 0.5) is 4.79 Å². The lowest BCUT2D eigenvalue weighted by Gasteiger charge is -2.44. The number of amides is 1. The van der Waals surface area contributed by atoms with E-state index in [1.165, 1.54) is 93.7 Å². The lowest BCUT2D eigenvalue weighted by atomic mass is 9.97. The highest BCUT2D eigenvalue weighted by molar-refractivity contribution is 8.22. The zero-order valence-electron chi connectivity index (χ0n) is 27.0. The van der Waals surface area contributed by atoms with E-state index in [9.17, 15) is 25.2 Å². The number of nitrogens with zero attached hydrogens (tertiary/aromatic N) is 1. The van der Waals surface area contributed by atoms with Crippen LogP contribution in [-0.4, -0.2) is 98.1 Å². The number of aliphatic hydroxyl groups excluding tert-OH is 4. The third-order valence-corrected chi connectivity index (χ3v) is 9.23. The molecule has 2 unspecified atom stereocenters. The van der Waals surface area contributed by atoms with Crippen LogP contribution in [0.25, 0.3) is 0 Å². The van der Waals surface area contributed by atoms with Gasteiger partial charge in [0.05, 0.1) is 13.2 Å². The molecule has 1 fully saturated rings. The molecule has 1 saturated heterocycles. The van der Waals surface area contributed by atoms with Crippen LogP contribution in [0.2, 0.25) is 0 Å². The molecule has 0 aromatic carbocycles. The molecule has 0 spiro atoms. The highest BCUT2D eigenvalue weighted by Gasteiger charge is 2.47. The zero-order valence-corrected chi connectivity index (χ0v) is 28.6. The molecule has 0 bridgehead atoms. The van der Waals surface area contributed by atoms with Crippen molar-refractivity contribution in [2.75, 3.05) is 25.5 Å². The largest absolute Gasteiger partial charge is 0.479 e. The zero-order chi connectivity index (χ0) is 31.9. The Morgan fingerprint density at radius 1 is 0.837 bits per heavy atom. The summed E-state index contributed by atoms with van der Waals surface area (Å²) in [6.45, 7) is 6.11. The van der Waals surface area contributed by atoms with Gasteiger partial charge in [0, 0.05) is 12.3 Å². The van der Waals surface area contributed by atoms with Crippen molar-refractivity contribution in [2.24, 2.45) is 0 Å². The Balaban J connectivity index is 2.43. The second-order valence-electron chi connectivity index (χ2n) is 11.7. The topological polar surface area (TPSA) is 129 Å². The summed E-state index contributed by atoms with van der Waals surface area (Å²) in [6.07, 6.45) is 12.3. The van der Waals surface area contributed by atoms with Crippen molar-refractivity contribution in [2.45, 2.75) is 167 Å². The lowest BCUT2D eigenvalue weighted by Crippen LogP contribution is -2.64. The Labute approximate surface area is 270 Å². The maximum atomic E-state index is 13.2. The third kappa shape index (κ3) is 17.6. The first-order valence-corrected chi connectivity index (χ1v) is 18.2. The summed E-state index contributed by atoms with van der Waals surface area (Å²) in [6, 6.07) is 0. The fourth-order valence-corrected chi connectivity index (χ4v) is 6.44. The van der Waals surface area contributed by atoms with E-state index in [2.05, 4.69) is 6.92 Å². The Morgan fingerprint density at radius 3 is 1.84 bits per heavy atom. The van der Waals surface area contributed by atoms with Crippen LogP contribution in [0.15, 0.2) is 0 Å². The van der Waals surface area contributed by atoms with Gasteiger partial charge in [0.25, 0.3) is 0 Å². The van der Waals surface area contributed by atoms with E-state index in [1.807, 2.05) is 6.92 Å². The summed E-state index contributed by atoms with van der Waals surface area (Å²) in [4.78, 5) is 14.5. The van der Waals surface area contributed by atoms with Gasteiger partial charge in [-0.2, -0.15) is 0 Å². The number of hydrogen-bond donors (Lipinski definition) is 4. The smallest absolute Gasteiger partial charge is 0.412 e. The van der Waals surface area contributed by atoms with E-state index in [4.69, 9.17) is 26.4 Å². The van der Waals surface area contributed by atoms with E-state index in [1.54, 1.807) is 6.92 Å². The first kappa shape index (κ1) is 40.3. The number of ether oxygens (including phenoxy) is 3. The molecule has 0 aromatic rings. The van der Waals surface area contributed by atoms with Gasteiger partial charge in [-0.3, -0.25) is 4.90 Å². The van der Waals surface area contributed by atoms with Gasteiger partial charge in [0.2, 0.25) is 4.38 Å². The van der Waals surface area contributed by atoms with Crippen molar-refractivity contribution in [3.05, 3.63) is 0 Å². The van der Waals surface area contributed by atoms with Crippen molar-refractivity contribution in [1.29, 1.82) is 0 Å². The van der Waals surface area contributed by atoms with Crippen molar-refractivity contribution in [1.82, 2.24) is 4.90 Å². The quantitative estimate of drug-likeness (QED) is 0.0695. The predicted molar refractivity (Wildman–Crippen MR) is 177 cm³/mol. The molecule has 0 saturated carbocycles. The SMILES string of the molecule is CCCCCCCCCCCCCCCCCCN(C(=O)OC(C)CCSC(=S)OCC)C1O[C@H](CO)[C@@H](O)[C@H](O)[C@H]1O. The van der Waals surface area contributed by atoms with Gasteiger partial charge < -0.3 is 34.6 Å². The summed E-state index contributed by atoms with van der Waals surface area (Å²) in [5, 5.41) is 40.8. The molecule has 43 heavy (non-hydrogen) atoms. The first-order valence-electron chi connectivity index (χ1n) is 16.8. The maximum absolute atomic E-state index is 13.2. The van der Waals surface area contributed by atoms with Crippen molar-refractivity contribution < 1.29 is 39.4 Å². The molecule has 1 rings (SSSR count). The van der Waals surface area contributed by atoms with Gasteiger partial charge in [0.15, 0.2) is 6.23 Å². The van der Waals surface area contributed by atoms with E-state index in [0.29, 0.717) is 29.6 Å². The van der Waals surface area contributed by atoms with Crippen LogP contribution in [0, 0.1) is 0 Å². The Bertz CT molecular complexity index is 717. The van der Waals surface area contributed by atoms with Crippen LogP contribution in [0.1, 0.15) is 130 Å². The number of aliphatic hydroxyl groups is 4. The summed E-state index contributed by atoms with van der Waals surface area (Å²) >= 11 is 6.50. The molecular formula is C32H61NO8S2. The van der Waals surface area contributed by atoms with Gasteiger partial charge in [-0.05, 0) is 38.9 Å². The lowest BCUT2D eigenvalue weighted by molar-refractivity contribution is -0.259. The normalized spacial score (nSPS) is 22.7. The monoisotopic (exact) mass is 651 g/mol. The predicted octanol–water partition coefficient (Wildman–Crippen LogP) is 6.32. The third-order valence-electron chi connectivity index (χ3n) is 7.97. The molecule has 1 aliphatic rings. The fourth-order valence-electron chi connectivity index (χ4n) is 5.26. The van der Waals surface area contributed by atoms with Gasteiger partial charge >= 0.3 is 6.09 Å². The Kier molecular flexibility index (Phi) is 23.9. The highest BCUT2D eigenvalue weighted by atomic mass is 32.2. The number of hydrogen-bond acceptors (Lipinski definition) is 10. The molecule has 0 radical (unpaired) electrons. The van der Waals surface area contributed by atoms with Crippen LogP contribution in [0.5, 0.6) is 0 Å². The minimum absolute atomic E-state index is 0.260. The maximum Gasteiger partial charge on any atom is 0.412 e. The van der Waals surface area contributed by atoms with Crippen molar-refractivity contribution in [3.8, 4) is 0 Å². The number of carbonyl (C=O) groups is 1. The van der Waals surface area contributed by atoms with Crippen molar-refractivity contribution in [3.63, 3.8) is 0 Å². The standard InChI is InChI=1S/C32H61NO8S2/c1-4-6-7-8-9-10-11-12-13-14-15-16-17-18-19-20-22-33(30-29(37)28(36)27(35)26(24-34)41-30)31(38)40-25(3)21-23-43-32(42)39-5-2/h25-30,34-37H,4-24H2,1-3H3/t25?,26-,27-,28+,29-,30?/m1/s1. The van der Waals surface area contributed by atoms with E-state index >= 15 is 0 Å². The van der Waals surface area contributed by atoms with Crippen LogP contribution >= 0.6 is 24.0 Å². The van der Waals surface area contributed by atoms with Gasteiger partial charge in [-0.15, -0.1) is 0 Å². The number of thiocarbonyl (C=S) groups is 1. The summed E-state index contributed by atoms with van der Waals surface area (Å²) in [5.41, 5.74) is 0.